The van der Waals surface area contributed by atoms with Gasteiger partial charge < -0.3 is 0 Å². The molecule has 0 heterocycles. The first-order chi connectivity index (χ1) is 5.24. The van der Waals surface area contributed by atoms with Crippen LogP contribution in [-0.4, -0.2) is 6.54 Å². The average molecular weight is 151 g/mol. The Morgan fingerprint density at radius 2 is 2.27 bits per heavy atom. The number of nitrogens with zero attached hydrogens (tertiary/aromatic N) is 1. The summed E-state index contributed by atoms with van der Waals surface area (Å²) >= 11 is 0. The van der Waals surface area contributed by atoms with Crippen LogP contribution in [0.5, 0.6) is 0 Å². The largest absolute Gasteiger partial charge is 0.150 e. The van der Waals surface area contributed by atoms with Gasteiger partial charge in [-0.3, -0.25) is 0 Å². The first-order valence-corrected chi connectivity index (χ1v) is 3.49. The van der Waals surface area contributed by atoms with E-state index in [9.17, 15) is 4.91 Å². The normalized spacial score (nSPS) is 12.9. The molecule has 0 rings (SSSR count). The highest BCUT2D eigenvalue weighted by Crippen LogP contribution is 2.03. The smallest absolute Gasteiger partial charge is 0.106 e. The van der Waals surface area contributed by atoms with Crippen molar-refractivity contribution in [1.82, 2.24) is 0 Å². The average Bonchev–Trinajstić information content (AvgIpc) is 2.03. The second-order valence-electron chi connectivity index (χ2n) is 2.24. The lowest BCUT2D eigenvalue weighted by Crippen LogP contribution is -1.83. The molecule has 0 aromatic rings. The molecule has 0 unspecified atom stereocenters. The Kier molecular flexibility index (Phi) is 4.99. The van der Waals surface area contributed by atoms with E-state index in [1.54, 1.807) is 6.08 Å². The highest BCUT2D eigenvalue weighted by atomic mass is 16.3. The molecule has 0 aliphatic carbocycles. The maximum atomic E-state index is 9.90. The van der Waals surface area contributed by atoms with Crippen LogP contribution >= 0.6 is 0 Å². The Morgan fingerprint density at radius 3 is 2.64 bits per heavy atom. The fraction of sp³-hybridized carbons (Fsp3) is 0.333. The van der Waals surface area contributed by atoms with E-state index in [-0.39, 0.29) is 6.54 Å². The van der Waals surface area contributed by atoms with E-state index in [1.165, 1.54) is 0 Å². The van der Waals surface area contributed by atoms with Gasteiger partial charge in [0.1, 0.15) is 6.54 Å². The van der Waals surface area contributed by atoms with Crippen molar-refractivity contribution in [3.05, 3.63) is 40.9 Å². The van der Waals surface area contributed by atoms with Gasteiger partial charge in [0.15, 0.2) is 0 Å². The van der Waals surface area contributed by atoms with E-state index in [2.05, 4.69) is 11.8 Å². The molecule has 0 N–H and O–H groups in total. The highest BCUT2D eigenvalue weighted by molar-refractivity contribution is 5.28. The predicted octanol–water partition coefficient (Wildman–Crippen LogP) is 2.83. The molecular weight excluding hydrogens is 138 g/mol. The van der Waals surface area contributed by atoms with E-state index in [0.717, 1.165) is 11.1 Å². The monoisotopic (exact) mass is 151 g/mol. The lowest BCUT2D eigenvalue weighted by atomic mass is 10.1. The topological polar surface area (TPSA) is 29.4 Å². The standard InChI is InChI=1S/C9H13NO/c1-4-8(3)6-9(5-2)7-10-11/h4-6H,1,7H2,2-3H3/b8-6-,9-5+. The minimum absolute atomic E-state index is 0.238. The summed E-state index contributed by atoms with van der Waals surface area (Å²) in [5, 5.41) is 2.80. The minimum atomic E-state index is 0.238. The van der Waals surface area contributed by atoms with Crippen LogP contribution in [0.2, 0.25) is 0 Å². The molecule has 0 amide bonds. The number of rotatable bonds is 4. The fourth-order valence-corrected chi connectivity index (χ4v) is 0.646. The molecule has 0 aliphatic heterocycles. The van der Waals surface area contributed by atoms with Gasteiger partial charge in [-0.1, -0.05) is 35.6 Å². The van der Waals surface area contributed by atoms with Crippen molar-refractivity contribution >= 4 is 0 Å². The van der Waals surface area contributed by atoms with E-state index < -0.39 is 0 Å². The lowest BCUT2D eigenvalue weighted by molar-refractivity contribution is 1.15. The molecule has 11 heavy (non-hydrogen) atoms. The molecular formula is C9H13NO. The molecule has 0 aromatic heterocycles. The first-order valence-electron chi connectivity index (χ1n) is 3.49. The van der Waals surface area contributed by atoms with Crippen LogP contribution in [0.15, 0.2) is 41.1 Å². The molecule has 0 aliphatic rings. The summed E-state index contributed by atoms with van der Waals surface area (Å²) in [6.07, 6.45) is 5.51. The zero-order valence-corrected chi connectivity index (χ0v) is 7.00. The summed E-state index contributed by atoms with van der Waals surface area (Å²) in [6.45, 7) is 7.66. The maximum absolute atomic E-state index is 9.90. The molecule has 0 atom stereocenters. The van der Waals surface area contributed by atoms with Crippen molar-refractivity contribution in [2.75, 3.05) is 6.54 Å². The summed E-state index contributed by atoms with van der Waals surface area (Å²) in [7, 11) is 0. The molecule has 0 saturated carbocycles. The van der Waals surface area contributed by atoms with Crippen LogP contribution in [0.4, 0.5) is 0 Å². The SMILES string of the molecule is C=C/C(C)=C\C(=C/C)CN=O. The maximum Gasteiger partial charge on any atom is 0.106 e. The Labute approximate surface area is 67.3 Å². The van der Waals surface area contributed by atoms with Gasteiger partial charge >= 0.3 is 0 Å². The molecule has 2 nitrogen and oxygen atoms in total. The Hall–Kier alpha value is -1.18. The molecule has 0 bridgehead atoms. The third-order valence-corrected chi connectivity index (χ3v) is 1.35. The number of allylic oxidation sites excluding steroid dienone is 3. The predicted molar refractivity (Wildman–Crippen MR) is 48.4 cm³/mol. The zero-order valence-electron chi connectivity index (χ0n) is 7.00. The van der Waals surface area contributed by atoms with Gasteiger partial charge in [-0.05, 0) is 19.4 Å². The van der Waals surface area contributed by atoms with Crippen LogP contribution in [0.3, 0.4) is 0 Å². The van der Waals surface area contributed by atoms with Crippen molar-refractivity contribution in [3.8, 4) is 0 Å². The van der Waals surface area contributed by atoms with Crippen molar-refractivity contribution in [3.63, 3.8) is 0 Å². The van der Waals surface area contributed by atoms with Gasteiger partial charge in [-0.15, -0.1) is 0 Å². The number of nitroso groups, excluding NO2 is 1. The van der Waals surface area contributed by atoms with E-state index in [4.69, 9.17) is 0 Å². The number of hydrogen-bond acceptors (Lipinski definition) is 2. The van der Waals surface area contributed by atoms with Gasteiger partial charge in [0, 0.05) is 0 Å². The lowest BCUT2D eigenvalue weighted by Gasteiger charge is -1.94. The second kappa shape index (κ2) is 5.59. The zero-order chi connectivity index (χ0) is 8.69. The second-order valence-corrected chi connectivity index (χ2v) is 2.24. The van der Waals surface area contributed by atoms with E-state index in [0.29, 0.717) is 0 Å². The van der Waals surface area contributed by atoms with Gasteiger partial charge in [-0.2, -0.15) is 4.91 Å². The molecule has 0 fully saturated rings. The first kappa shape index (κ1) is 9.82. The molecule has 0 aromatic carbocycles. The van der Waals surface area contributed by atoms with Crippen LogP contribution < -0.4 is 0 Å². The Bertz CT molecular complexity index is 202. The number of hydrogen-bond donors (Lipinski definition) is 0. The summed E-state index contributed by atoms with van der Waals surface area (Å²) in [6, 6.07) is 0. The van der Waals surface area contributed by atoms with Crippen LogP contribution in [-0.2, 0) is 0 Å². The Balaban J connectivity index is 4.29. The molecule has 0 radical (unpaired) electrons. The minimum Gasteiger partial charge on any atom is -0.150 e. The Morgan fingerprint density at radius 1 is 1.64 bits per heavy atom. The molecule has 60 valence electrons. The van der Waals surface area contributed by atoms with Crippen molar-refractivity contribution in [2.45, 2.75) is 13.8 Å². The highest BCUT2D eigenvalue weighted by Gasteiger charge is 1.90. The van der Waals surface area contributed by atoms with Crippen molar-refractivity contribution < 1.29 is 0 Å². The third-order valence-electron chi connectivity index (χ3n) is 1.35. The molecule has 0 spiro atoms. The van der Waals surface area contributed by atoms with E-state index >= 15 is 0 Å². The quantitative estimate of drug-likeness (QED) is 0.448. The summed E-state index contributed by atoms with van der Waals surface area (Å²) in [4.78, 5) is 9.90. The van der Waals surface area contributed by atoms with Gasteiger partial charge in [0.25, 0.3) is 0 Å². The summed E-state index contributed by atoms with van der Waals surface area (Å²) < 4.78 is 0. The van der Waals surface area contributed by atoms with Crippen molar-refractivity contribution in [1.29, 1.82) is 0 Å². The molecule has 2 heteroatoms. The summed E-state index contributed by atoms with van der Waals surface area (Å²) in [5.74, 6) is 0. The van der Waals surface area contributed by atoms with E-state index in [1.807, 2.05) is 26.0 Å². The van der Waals surface area contributed by atoms with Gasteiger partial charge in [0.05, 0.1) is 0 Å². The van der Waals surface area contributed by atoms with Gasteiger partial charge in [0.2, 0.25) is 0 Å². The van der Waals surface area contributed by atoms with Crippen LogP contribution in [0.25, 0.3) is 0 Å². The fourth-order valence-electron chi connectivity index (χ4n) is 0.646. The summed E-state index contributed by atoms with van der Waals surface area (Å²) in [5.41, 5.74) is 1.97. The molecule has 0 saturated heterocycles. The van der Waals surface area contributed by atoms with Crippen LogP contribution in [0, 0.1) is 4.91 Å². The third kappa shape index (κ3) is 4.25. The van der Waals surface area contributed by atoms with Crippen LogP contribution in [0.1, 0.15) is 13.8 Å². The van der Waals surface area contributed by atoms with Crippen molar-refractivity contribution in [2.24, 2.45) is 5.18 Å². The van der Waals surface area contributed by atoms with Gasteiger partial charge in [-0.25, -0.2) is 0 Å².